The summed E-state index contributed by atoms with van der Waals surface area (Å²) in [4.78, 5) is 0. The van der Waals surface area contributed by atoms with Gasteiger partial charge in [0.1, 0.15) is 0 Å². The van der Waals surface area contributed by atoms with Crippen LogP contribution in [0.1, 0.15) is 75.7 Å². The van der Waals surface area contributed by atoms with Crippen LogP contribution >= 0.6 is 0 Å². The average molecular weight is 250 g/mol. The molecule has 0 rings (SSSR count). The lowest BCUT2D eigenvalue weighted by Gasteiger charge is -2.55. The molecule has 0 saturated heterocycles. The number of hydrogen-bond acceptors (Lipinski definition) is 0. The van der Waals surface area contributed by atoms with Gasteiger partial charge >= 0.3 is 0 Å². The fraction of sp³-hybridized carbons (Fsp3) is 0.778. The molecule has 0 heteroatoms. The maximum atomic E-state index is 4.25. The lowest BCUT2D eigenvalue weighted by molar-refractivity contribution is 0.00909. The Hall–Kier alpha value is -0.520. The van der Waals surface area contributed by atoms with Crippen molar-refractivity contribution in [1.29, 1.82) is 0 Å². The van der Waals surface area contributed by atoms with Gasteiger partial charge in [-0.05, 0) is 37.2 Å². The van der Waals surface area contributed by atoms with E-state index >= 15 is 0 Å². The van der Waals surface area contributed by atoms with Crippen LogP contribution < -0.4 is 0 Å². The summed E-state index contributed by atoms with van der Waals surface area (Å²) in [6, 6.07) is 0. The standard InChI is InChI=1S/C18H34/c1-12-17(9,10)18(11,16(6,7)8)15(13(2)3)14(4)5/h2,12H2,1,3-11H3. The Morgan fingerprint density at radius 3 is 1.44 bits per heavy atom. The summed E-state index contributed by atoms with van der Waals surface area (Å²) < 4.78 is 0. The Labute approximate surface area is 116 Å². The highest BCUT2D eigenvalue weighted by Gasteiger charge is 2.50. The van der Waals surface area contributed by atoms with Gasteiger partial charge in [-0.25, -0.2) is 0 Å². The zero-order chi connectivity index (χ0) is 14.9. The quantitative estimate of drug-likeness (QED) is 0.507. The van der Waals surface area contributed by atoms with Gasteiger partial charge in [0.05, 0.1) is 0 Å². The largest absolute Gasteiger partial charge is 0.0958 e. The van der Waals surface area contributed by atoms with Crippen LogP contribution in [-0.4, -0.2) is 0 Å². The van der Waals surface area contributed by atoms with Crippen molar-refractivity contribution in [1.82, 2.24) is 0 Å². The van der Waals surface area contributed by atoms with Crippen molar-refractivity contribution < 1.29 is 0 Å². The second-order valence-corrected chi connectivity index (χ2v) is 7.77. The molecule has 0 spiro atoms. The molecule has 0 aromatic carbocycles. The molecule has 0 aliphatic rings. The van der Waals surface area contributed by atoms with E-state index in [0.717, 1.165) is 0 Å². The minimum absolute atomic E-state index is 0.124. The lowest BCUT2D eigenvalue weighted by Crippen LogP contribution is -2.47. The lowest BCUT2D eigenvalue weighted by atomic mass is 9.49. The minimum Gasteiger partial charge on any atom is -0.0958 e. The molecule has 18 heavy (non-hydrogen) atoms. The Balaban J connectivity index is 6.29. The highest BCUT2D eigenvalue weighted by molar-refractivity contribution is 5.39. The SMILES string of the molecule is C=C(C)C(=C(C)C)C(C)(C(C)(C)C)C(C)(C)CC. The van der Waals surface area contributed by atoms with Gasteiger partial charge < -0.3 is 0 Å². The second kappa shape index (κ2) is 5.23. The van der Waals surface area contributed by atoms with Gasteiger partial charge in [0.25, 0.3) is 0 Å². The summed E-state index contributed by atoms with van der Waals surface area (Å²) in [5.41, 5.74) is 4.66. The van der Waals surface area contributed by atoms with Crippen molar-refractivity contribution in [3.8, 4) is 0 Å². The monoisotopic (exact) mass is 250 g/mol. The highest BCUT2D eigenvalue weighted by Crippen LogP contribution is 2.59. The van der Waals surface area contributed by atoms with E-state index in [9.17, 15) is 0 Å². The molecule has 0 aromatic rings. The predicted octanol–water partition coefficient (Wildman–Crippen LogP) is 6.39. The fourth-order valence-corrected chi connectivity index (χ4v) is 3.44. The average Bonchev–Trinajstić information content (AvgIpc) is 2.14. The smallest absolute Gasteiger partial charge is 0.00259 e. The molecule has 0 nitrogen and oxygen atoms in total. The Morgan fingerprint density at radius 2 is 1.28 bits per heavy atom. The first-order valence-corrected chi connectivity index (χ1v) is 7.16. The molecule has 0 aliphatic carbocycles. The van der Waals surface area contributed by atoms with Crippen LogP contribution in [0.5, 0.6) is 0 Å². The molecular weight excluding hydrogens is 216 g/mol. The van der Waals surface area contributed by atoms with Crippen LogP contribution in [-0.2, 0) is 0 Å². The van der Waals surface area contributed by atoms with Crippen LogP contribution in [0.15, 0.2) is 23.3 Å². The van der Waals surface area contributed by atoms with Gasteiger partial charge in [0.15, 0.2) is 0 Å². The Bertz CT molecular complexity index is 343. The summed E-state index contributed by atoms with van der Waals surface area (Å²) in [6.45, 7) is 27.4. The Morgan fingerprint density at radius 1 is 0.889 bits per heavy atom. The first kappa shape index (κ1) is 17.5. The molecule has 0 aromatic heterocycles. The van der Waals surface area contributed by atoms with Gasteiger partial charge in [-0.15, -0.1) is 0 Å². The summed E-state index contributed by atoms with van der Waals surface area (Å²) in [5.74, 6) is 0. The van der Waals surface area contributed by atoms with Crippen molar-refractivity contribution in [2.75, 3.05) is 0 Å². The van der Waals surface area contributed by atoms with Crippen molar-refractivity contribution in [2.45, 2.75) is 75.7 Å². The summed E-state index contributed by atoms with van der Waals surface area (Å²) in [7, 11) is 0. The van der Waals surface area contributed by atoms with E-state index in [0.29, 0.717) is 0 Å². The molecule has 0 aliphatic heterocycles. The third-order valence-corrected chi connectivity index (χ3v) is 5.16. The zero-order valence-electron chi connectivity index (χ0n) is 14.4. The maximum absolute atomic E-state index is 4.25. The molecular formula is C18H34. The van der Waals surface area contributed by atoms with E-state index in [1.54, 1.807) is 0 Å². The molecule has 1 unspecified atom stereocenters. The predicted molar refractivity (Wildman–Crippen MR) is 84.8 cm³/mol. The number of allylic oxidation sites excluding steroid dienone is 3. The van der Waals surface area contributed by atoms with Gasteiger partial charge in [-0.2, -0.15) is 0 Å². The van der Waals surface area contributed by atoms with Crippen LogP contribution in [0.25, 0.3) is 0 Å². The van der Waals surface area contributed by atoms with Crippen LogP contribution in [0.2, 0.25) is 0 Å². The van der Waals surface area contributed by atoms with Crippen LogP contribution in [0.3, 0.4) is 0 Å². The maximum Gasteiger partial charge on any atom is 0.00259 e. The fourth-order valence-electron chi connectivity index (χ4n) is 3.44. The minimum atomic E-state index is 0.124. The first-order valence-electron chi connectivity index (χ1n) is 7.16. The van der Waals surface area contributed by atoms with E-state index in [2.05, 4.69) is 75.8 Å². The second-order valence-electron chi connectivity index (χ2n) is 7.77. The summed E-state index contributed by atoms with van der Waals surface area (Å²) >= 11 is 0. The van der Waals surface area contributed by atoms with E-state index in [4.69, 9.17) is 0 Å². The van der Waals surface area contributed by atoms with Gasteiger partial charge in [0.2, 0.25) is 0 Å². The normalized spacial score (nSPS) is 16.1. The molecule has 0 radical (unpaired) electrons. The van der Waals surface area contributed by atoms with Crippen molar-refractivity contribution in [3.63, 3.8) is 0 Å². The molecule has 0 saturated carbocycles. The summed E-state index contributed by atoms with van der Waals surface area (Å²) in [5, 5.41) is 0. The number of rotatable bonds is 4. The topological polar surface area (TPSA) is 0 Å². The highest BCUT2D eigenvalue weighted by atomic mass is 14.5. The van der Waals surface area contributed by atoms with Crippen LogP contribution in [0, 0.1) is 16.2 Å². The molecule has 0 amide bonds. The molecule has 0 fully saturated rings. The Kier molecular flexibility index (Phi) is 5.08. The van der Waals surface area contributed by atoms with Crippen molar-refractivity contribution >= 4 is 0 Å². The zero-order valence-corrected chi connectivity index (χ0v) is 14.4. The van der Waals surface area contributed by atoms with Crippen molar-refractivity contribution in [3.05, 3.63) is 23.3 Å². The van der Waals surface area contributed by atoms with Crippen molar-refractivity contribution in [2.24, 2.45) is 16.2 Å². The third-order valence-electron chi connectivity index (χ3n) is 5.16. The van der Waals surface area contributed by atoms with E-state index < -0.39 is 0 Å². The van der Waals surface area contributed by atoms with E-state index in [1.165, 1.54) is 23.1 Å². The van der Waals surface area contributed by atoms with E-state index in [-0.39, 0.29) is 16.2 Å². The van der Waals surface area contributed by atoms with E-state index in [1.807, 2.05) is 0 Å². The first-order chi connectivity index (χ1) is 7.83. The summed E-state index contributed by atoms with van der Waals surface area (Å²) in [6.07, 6.45) is 1.17. The molecule has 0 heterocycles. The van der Waals surface area contributed by atoms with Gasteiger partial charge in [-0.3, -0.25) is 0 Å². The molecule has 0 N–H and O–H groups in total. The van der Waals surface area contributed by atoms with Crippen LogP contribution in [0.4, 0.5) is 0 Å². The van der Waals surface area contributed by atoms with Gasteiger partial charge in [0, 0.05) is 5.41 Å². The molecule has 106 valence electrons. The third kappa shape index (κ3) is 2.73. The molecule has 1 atom stereocenters. The number of hydrogen-bond donors (Lipinski definition) is 0. The molecule has 0 bridgehead atoms. The van der Waals surface area contributed by atoms with Gasteiger partial charge in [-0.1, -0.05) is 72.6 Å².